The Morgan fingerprint density at radius 2 is 2.21 bits per heavy atom. The fourth-order valence-corrected chi connectivity index (χ4v) is 2.00. The monoisotopic (exact) mass is 233 g/mol. The maximum absolute atomic E-state index is 10.7. The molecule has 0 aliphatic rings. The number of nitrogens with zero attached hydrogens (tertiary/aromatic N) is 3. The molecule has 5 nitrogen and oxygen atoms in total. The van der Waals surface area contributed by atoms with E-state index >= 15 is 0 Å². The van der Waals surface area contributed by atoms with Crippen molar-refractivity contribution in [2.75, 3.05) is 5.75 Å². The van der Waals surface area contributed by atoms with Crippen LogP contribution in [-0.4, -0.2) is 20.6 Å². The van der Waals surface area contributed by atoms with E-state index in [-0.39, 0.29) is 11.0 Å². The van der Waals surface area contributed by atoms with Crippen LogP contribution in [0.2, 0.25) is 5.28 Å². The number of halogens is 1. The molecule has 0 fully saturated rings. The lowest BCUT2D eigenvalue weighted by Gasteiger charge is -2.02. The molecule has 76 valence electrons. The van der Waals surface area contributed by atoms with Crippen LogP contribution < -0.4 is 0 Å². The van der Waals surface area contributed by atoms with Gasteiger partial charge in [-0.2, -0.15) is 0 Å². The molecular weight excluding hydrogens is 226 g/mol. The van der Waals surface area contributed by atoms with Gasteiger partial charge in [-0.05, 0) is 24.3 Å². The van der Waals surface area contributed by atoms with Crippen molar-refractivity contribution in [3.8, 4) is 0 Å². The highest BCUT2D eigenvalue weighted by molar-refractivity contribution is 7.99. The van der Waals surface area contributed by atoms with Gasteiger partial charge < -0.3 is 0 Å². The topological polar surface area (TPSA) is 68.9 Å². The van der Waals surface area contributed by atoms with Gasteiger partial charge >= 0.3 is 5.69 Å². The lowest BCUT2D eigenvalue weighted by atomic mass is 10.4. The molecule has 0 spiro atoms. The van der Waals surface area contributed by atoms with Gasteiger partial charge in [-0.25, -0.2) is 9.97 Å². The normalized spacial score (nSPS) is 10.2. The summed E-state index contributed by atoms with van der Waals surface area (Å²) >= 11 is 6.89. The summed E-state index contributed by atoms with van der Waals surface area (Å²) in [6.07, 6.45) is 0. The first-order valence-corrected chi connectivity index (χ1v) is 5.24. The Morgan fingerprint density at radius 1 is 1.57 bits per heavy atom. The fraction of sp³-hybridized carbons (Fsp3) is 0.429. The fourth-order valence-electron chi connectivity index (χ4n) is 0.955. The first kappa shape index (κ1) is 11.2. The van der Waals surface area contributed by atoms with Crippen molar-refractivity contribution >= 4 is 29.1 Å². The van der Waals surface area contributed by atoms with Crippen LogP contribution >= 0.6 is 23.4 Å². The van der Waals surface area contributed by atoms with E-state index in [1.165, 1.54) is 11.8 Å². The maximum atomic E-state index is 10.7. The molecule has 0 amide bonds. The third kappa shape index (κ3) is 2.33. The molecule has 14 heavy (non-hydrogen) atoms. The predicted octanol–water partition coefficient (Wildman–Crippen LogP) is 2.46. The number of nitro groups is 1. The Kier molecular flexibility index (Phi) is 3.65. The molecule has 1 rings (SSSR count). The number of rotatable bonds is 3. The molecule has 7 heteroatoms. The van der Waals surface area contributed by atoms with E-state index < -0.39 is 4.92 Å². The summed E-state index contributed by atoms with van der Waals surface area (Å²) in [6, 6.07) is 0. The molecule has 0 radical (unpaired) electrons. The molecule has 0 saturated heterocycles. The average molecular weight is 234 g/mol. The van der Waals surface area contributed by atoms with Gasteiger partial charge in [-0.1, -0.05) is 18.7 Å². The van der Waals surface area contributed by atoms with Crippen LogP contribution in [-0.2, 0) is 0 Å². The summed E-state index contributed by atoms with van der Waals surface area (Å²) in [4.78, 5) is 17.8. The maximum Gasteiger partial charge on any atom is 0.322 e. The Bertz CT molecular complexity index is 372. The molecule has 0 aliphatic heterocycles. The average Bonchev–Trinajstić information content (AvgIpc) is 2.01. The second-order valence-electron chi connectivity index (χ2n) is 2.42. The second kappa shape index (κ2) is 4.56. The number of aryl methyl sites for hydroxylation is 1. The van der Waals surface area contributed by atoms with Crippen LogP contribution in [0.1, 0.15) is 12.6 Å². The van der Waals surface area contributed by atoms with Crippen molar-refractivity contribution in [3.05, 3.63) is 21.1 Å². The van der Waals surface area contributed by atoms with Gasteiger partial charge in [0.2, 0.25) is 5.28 Å². The highest BCUT2D eigenvalue weighted by Gasteiger charge is 2.21. The summed E-state index contributed by atoms with van der Waals surface area (Å²) in [6.45, 7) is 3.44. The molecular formula is C7H8ClN3O2S. The van der Waals surface area contributed by atoms with Gasteiger partial charge in [0.1, 0.15) is 5.69 Å². The minimum Gasteiger partial charge on any atom is -0.258 e. The standard InChI is InChI=1S/C7H8ClN3O2S/c1-3-14-6-5(11(12)13)4(2)9-7(8)10-6/h3H2,1-2H3. The molecule has 0 aliphatic carbocycles. The van der Waals surface area contributed by atoms with Gasteiger partial charge in [0.05, 0.1) is 4.92 Å². The Morgan fingerprint density at radius 3 is 2.71 bits per heavy atom. The van der Waals surface area contributed by atoms with Crippen LogP contribution in [0.4, 0.5) is 5.69 Å². The summed E-state index contributed by atoms with van der Waals surface area (Å²) in [5.74, 6) is 0.702. The summed E-state index contributed by atoms with van der Waals surface area (Å²) < 4.78 is 0. The zero-order chi connectivity index (χ0) is 10.7. The van der Waals surface area contributed by atoms with Crippen LogP contribution in [0.15, 0.2) is 5.03 Å². The SMILES string of the molecule is CCSc1nc(Cl)nc(C)c1[N+](=O)[O-]. The summed E-state index contributed by atoms with van der Waals surface area (Å²) in [7, 11) is 0. The molecule has 0 N–H and O–H groups in total. The van der Waals surface area contributed by atoms with Crippen LogP contribution in [0.3, 0.4) is 0 Å². The molecule has 0 bridgehead atoms. The van der Waals surface area contributed by atoms with Crippen LogP contribution in [0.25, 0.3) is 0 Å². The van der Waals surface area contributed by atoms with Crippen LogP contribution in [0, 0.1) is 17.0 Å². The molecule has 0 unspecified atom stereocenters. The second-order valence-corrected chi connectivity index (χ2v) is 4.01. The molecule has 1 aromatic heterocycles. The molecule has 0 atom stereocenters. The highest BCUT2D eigenvalue weighted by atomic mass is 35.5. The zero-order valence-corrected chi connectivity index (χ0v) is 9.22. The molecule has 0 saturated carbocycles. The van der Waals surface area contributed by atoms with E-state index in [0.717, 1.165) is 0 Å². The van der Waals surface area contributed by atoms with Gasteiger partial charge in [-0.15, -0.1) is 0 Å². The minimum absolute atomic E-state index is 0.0454. The summed E-state index contributed by atoms with van der Waals surface area (Å²) in [5, 5.41) is 11.1. The van der Waals surface area contributed by atoms with Crippen molar-refractivity contribution in [1.82, 2.24) is 9.97 Å². The summed E-state index contributed by atoms with van der Waals surface area (Å²) in [5.41, 5.74) is 0.243. The molecule has 0 aromatic carbocycles. The van der Waals surface area contributed by atoms with Crippen molar-refractivity contribution < 1.29 is 4.92 Å². The van der Waals surface area contributed by atoms with E-state index in [1.807, 2.05) is 6.92 Å². The van der Waals surface area contributed by atoms with E-state index in [4.69, 9.17) is 11.6 Å². The van der Waals surface area contributed by atoms with Crippen LogP contribution in [0.5, 0.6) is 0 Å². The van der Waals surface area contributed by atoms with Gasteiger partial charge in [-0.3, -0.25) is 10.1 Å². The first-order chi connectivity index (χ1) is 6.56. The quantitative estimate of drug-likeness (QED) is 0.264. The Labute approximate surface area is 90.0 Å². The van der Waals surface area contributed by atoms with Crippen molar-refractivity contribution in [2.24, 2.45) is 0 Å². The van der Waals surface area contributed by atoms with Gasteiger partial charge in [0, 0.05) is 0 Å². The van der Waals surface area contributed by atoms with Gasteiger partial charge in [0.15, 0.2) is 5.03 Å². The van der Waals surface area contributed by atoms with E-state index in [9.17, 15) is 10.1 Å². The largest absolute Gasteiger partial charge is 0.322 e. The number of thioether (sulfide) groups is 1. The number of hydrogen-bond donors (Lipinski definition) is 0. The third-order valence-electron chi connectivity index (χ3n) is 1.46. The number of aromatic nitrogens is 2. The van der Waals surface area contributed by atoms with Crippen molar-refractivity contribution in [3.63, 3.8) is 0 Å². The Balaban J connectivity index is 3.28. The number of hydrogen-bond acceptors (Lipinski definition) is 5. The smallest absolute Gasteiger partial charge is 0.258 e. The molecule has 1 heterocycles. The lowest BCUT2D eigenvalue weighted by Crippen LogP contribution is -2.00. The van der Waals surface area contributed by atoms with E-state index in [1.54, 1.807) is 6.92 Å². The predicted molar refractivity (Wildman–Crippen MR) is 54.8 cm³/mol. The third-order valence-corrected chi connectivity index (χ3v) is 2.48. The lowest BCUT2D eigenvalue weighted by molar-refractivity contribution is -0.389. The molecule has 1 aromatic rings. The first-order valence-electron chi connectivity index (χ1n) is 3.87. The highest BCUT2D eigenvalue weighted by Crippen LogP contribution is 2.29. The minimum atomic E-state index is -0.482. The zero-order valence-electron chi connectivity index (χ0n) is 7.65. The van der Waals surface area contributed by atoms with E-state index in [0.29, 0.717) is 16.5 Å². The van der Waals surface area contributed by atoms with Crippen molar-refractivity contribution in [1.29, 1.82) is 0 Å². The van der Waals surface area contributed by atoms with E-state index in [2.05, 4.69) is 9.97 Å². The van der Waals surface area contributed by atoms with Gasteiger partial charge in [0.25, 0.3) is 0 Å². The Hall–Kier alpha value is -0.880. The van der Waals surface area contributed by atoms with Crippen molar-refractivity contribution in [2.45, 2.75) is 18.9 Å².